The molecule has 0 aliphatic carbocycles. The van der Waals surface area contributed by atoms with Gasteiger partial charge in [0.15, 0.2) is 12.5 Å². The Kier molecular flexibility index (Phi) is 23.9. The van der Waals surface area contributed by atoms with Crippen molar-refractivity contribution < 1.29 is 89.1 Å². The summed E-state index contributed by atoms with van der Waals surface area (Å²) < 4.78 is 28.4. The van der Waals surface area contributed by atoms with Gasteiger partial charge in [-0.2, -0.15) is 0 Å². The summed E-state index contributed by atoms with van der Waals surface area (Å²) in [5.74, 6) is -5.13. The maximum atomic E-state index is 12.8. The van der Waals surface area contributed by atoms with Crippen LogP contribution in [0.5, 0.6) is 0 Å². The standard InChI is InChI=1S/C41H75N3O18/c1-3-4-5-6-7-8-9-10-11-12-13-14-15-16-17-18-28(50)44-38-34(55)33(54)36(26(21-46)59-38)61-39-35(56)32(53)31(52)27(60-39)22-58-41(40(42)57)19-24(48)29(43-23(2)47)37(62-41)30(51)25(49)20-45/h24-27,29-39,45-46,48-49,51-56H,3-22H2,1-2H3,(H2,42,57)(H,43,47)(H,44,50)/t24-,25+,26+,27+,29+,30+,31-,32-,33+,34+,35+,36+,37+,38+,39-,41+/m0/s1. The second-order valence-electron chi connectivity index (χ2n) is 16.9. The van der Waals surface area contributed by atoms with Gasteiger partial charge in [-0.3, -0.25) is 14.4 Å². The summed E-state index contributed by atoms with van der Waals surface area (Å²) in [6.45, 7) is 0.634. The van der Waals surface area contributed by atoms with E-state index in [1.165, 1.54) is 64.2 Å². The molecule has 0 radical (unpaired) electrons. The van der Waals surface area contributed by atoms with Gasteiger partial charge < -0.3 is 91.1 Å². The molecule has 0 saturated carbocycles. The Morgan fingerprint density at radius 2 is 1.31 bits per heavy atom. The number of ether oxygens (including phenoxy) is 5. The molecule has 0 bridgehead atoms. The maximum Gasteiger partial charge on any atom is 0.277 e. The number of amides is 3. The van der Waals surface area contributed by atoms with Gasteiger partial charge in [0, 0.05) is 19.8 Å². The van der Waals surface area contributed by atoms with Crippen LogP contribution >= 0.6 is 0 Å². The lowest BCUT2D eigenvalue weighted by atomic mass is 9.88. The van der Waals surface area contributed by atoms with E-state index in [1.54, 1.807) is 0 Å². The van der Waals surface area contributed by atoms with Crippen molar-refractivity contribution in [1.82, 2.24) is 10.6 Å². The third-order valence-electron chi connectivity index (χ3n) is 11.9. The number of primary amides is 1. The van der Waals surface area contributed by atoms with Crippen molar-refractivity contribution in [1.29, 1.82) is 0 Å². The average molecular weight is 898 g/mol. The lowest BCUT2D eigenvalue weighted by Crippen LogP contribution is -2.69. The van der Waals surface area contributed by atoms with E-state index >= 15 is 0 Å². The molecule has 3 aliphatic rings. The van der Waals surface area contributed by atoms with Gasteiger partial charge in [0.05, 0.1) is 32.0 Å². The lowest BCUT2D eigenvalue weighted by molar-refractivity contribution is -0.355. The quantitative estimate of drug-likeness (QED) is 0.0363. The highest BCUT2D eigenvalue weighted by Crippen LogP contribution is 2.35. The zero-order chi connectivity index (χ0) is 46.0. The predicted molar refractivity (Wildman–Crippen MR) is 217 cm³/mol. The van der Waals surface area contributed by atoms with E-state index < -0.39 is 142 Å². The highest BCUT2D eigenvalue weighted by atomic mass is 16.7. The first kappa shape index (κ1) is 54.1. The molecule has 0 aromatic heterocycles. The molecule has 0 aromatic carbocycles. The molecular formula is C41H75N3O18. The third-order valence-corrected chi connectivity index (χ3v) is 11.9. The van der Waals surface area contributed by atoms with Crippen LogP contribution in [0.2, 0.25) is 0 Å². The number of rotatable bonds is 28. The van der Waals surface area contributed by atoms with E-state index in [9.17, 15) is 65.4 Å². The summed E-state index contributed by atoms with van der Waals surface area (Å²) in [5, 5.41) is 110. The molecule has 16 atom stereocenters. The van der Waals surface area contributed by atoms with Crippen LogP contribution < -0.4 is 16.4 Å². The van der Waals surface area contributed by atoms with Crippen LogP contribution in [-0.2, 0) is 38.1 Å². The lowest BCUT2D eigenvalue weighted by Gasteiger charge is -2.48. The van der Waals surface area contributed by atoms with Gasteiger partial charge in [-0.25, -0.2) is 0 Å². The topological polar surface area (TPSA) is 350 Å². The third kappa shape index (κ3) is 15.8. The Morgan fingerprint density at radius 1 is 0.742 bits per heavy atom. The van der Waals surface area contributed by atoms with Crippen molar-refractivity contribution in [2.24, 2.45) is 5.73 Å². The van der Waals surface area contributed by atoms with E-state index in [-0.39, 0.29) is 6.42 Å². The van der Waals surface area contributed by atoms with E-state index in [2.05, 4.69) is 17.6 Å². The molecular weight excluding hydrogens is 822 g/mol. The van der Waals surface area contributed by atoms with E-state index in [0.29, 0.717) is 6.42 Å². The second kappa shape index (κ2) is 27.3. The number of carbonyl (C=O) groups is 3. The van der Waals surface area contributed by atoms with E-state index in [4.69, 9.17) is 29.4 Å². The molecule has 362 valence electrons. The summed E-state index contributed by atoms with van der Waals surface area (Å²) in [6, 6.07) is -1.43. The molecule has 0 aromatic rings. The summed E-state index contributed by atoms with van der Waals surface area (Å²) in [5.41, 5.74) is 5.60. The fraction of sp³-hybridized carbons (Fsp3) is 0.927. The molecule has 21 heteroatoms. The number of nitrogens with one attached hydrogen (secondary N) is 2. The van der Waals surface area contributed by atoms with E-state index in [1.807, 2.05) is 0 Å². The Hall–Kier alpha value is -2.19. The number of nitrogens with two attached hydrogens (primary N) is 1. The Morgan fingerprint density at radius 3 is 1.82 bits per heavy atom. The first-order valence-corrected chi connectivity index (χ1v) is 22.3. The molecule has 21 nitrogen and oxygen atoms in total. The fourth-order valence-electron chi connectivity index (χ4n) is 8.11. The summed E-state index contributed by atoms with van der Waals surface area (Å²) >= 11 is 0. The first-order chi connectivity index (χ1) is 29.5. The molecule has 3 amide bonds. The number of carbonyl (C=O) groups excluding carboxylic acids is 3. The minimum absolute atomic E-state index is 0.138. The van der Waals surface area contributed by atoms with Crippen molar-refractivity contribution in [2.75, 3.05) is 19.8 Å². The maximum absolute atomic E-state index is 12.8. The van der Waals surface area contributed by atoms with E-state index in [0.717, 1.165) is 32.6 Å². The van der Waals surface area contributed by atoms with Crippen molar-refractivity contribution in [3.05, 3.63) is 0 Å². The highest BCUT2D eigenvalue weighted by Gasteiger charge is 2.56. The average Bonchev–Trinajstić information content (AvgIpc) is 3.24. The number of hydrogen-bond acceptors (Lipinski definition) is 18. The van der Waals surface area contributed by atoms with Crippen molar-refractivity contribution >= 4 is 17.7 Å². The SMILES string of the molecule is CCCCCCCCCCCCCCCCCC(=O)N[C@@H]1O[C@H](CO)[C@@H](O[C@@H]2O[C@H](CO[C@]3(C(N)=O)C[C@H](O)[C@@H](NC(C)=O)[C@H]([C@H](O)[C@H](O)CO)O3)[C@H](O)[C@H](O)[C@H]2O)[C@H](O)[C@H]1O. The minimum Gasteiger partial charge on any atom is -0.394 e. The summed E-state index contributed by atoms with van der Waals surface area (Å²) in [7, 11) is 0. The smallest absolute Gasteiger partial charge is 0.277 e. The molecule has 3 heterocycles. The minimum atomic E-state index is -2.62. The van der Waals surface area contributed by atoms with Gasteiger partial charge in [-0.05, 0) is 6.42 Å². The molecule has 3 rings (SSSR count). The van der Waals surface area contributed by atoms with Gasteiger partial charge in [0.1, 0.15) is 67.1 Å². The molecule has 0 unspecified atom stereocenters. The molecule has 14 N–H and O–H groups in total. The van der Waals surface area contributed by atoms with Crippen LogP contribution in [0.1, 0.15) is 123 Å². The second-order valence-corrected chi connectivity index (χ2v) is 16.9. The zero-order valence-electron chi connectivity index (χ0n) is 36.1. The van der Waals surface area contributed by atoms with Crippen LogP contribution in [0, 0.1) is 0 Å². The van der Waals surface area contributed by atoms with Gasteiger partial charge in [-0.15, -0.1) is 0 Å². The normalized spacial score (nSPS) is 34.9. The van der Waals surface area contributed by atoms with Crippen LogP contribution in [0.15, 0.2) is 0 Å². The van der Waals surface area contributed by atoms with Gasteiger partial charge in [-0.1, -0.05) is 96.8 Å². The summed E-state index contributed by atoms with van der Waals surface area (Å²) in [4.78, 5) is 37.4. The number of hydrogen-bond donors (Lipinski definition) is 13. The Labute approximate surface area is 363 Å². The molecule has 3 fully saturated rings. The van der Waals surface area contributed by atoms with Crippen LogP contribution in [0.3, 0.4) is 0 Å². The highest BCUT2D eigenvalue weighted by molar-refractivity contribution is 5.82. The monoisotopic (exact) mass is 898 g/mol. The Balaban J connectivity index is 1.52. The van der Waals surface area contributed by atoms with Gasteiger partial charge in [0.2, 0.25) is 11.8 Å². The van der Waals surface area contributed by atoms with Crippen molar-refractivity contribution in [3.8, 4) is 0 Å². The molecule has 0 spiro atoms. The van der Waals surface area contributed by atoms with Gasteiger partial charge >= 0.3 is 0 Å². The van der Waals surface area contributed by atoms with Crippen LogP contribution in [0.25, 0.3) is 0 Å². The first-order valence-electron chi connectivity index (χ1n) is 22.3. The Bertz CT molecular complexity index is 1320. The largest absolute Gasteiger partial charge is 0.394 e. The van der Waals surface area contributed by atoms with Crippen molar-refractivity contribution in [3.63, 3.8) is 0 Å². The molecule has 62 heavy (non-hydrogen) atoms. The predicted octanol–water partition coefficient (Wildman–Crippen LogP) is -2.44. The number of aliphatic hydroxyl groups excluding tert-OH is 10. The van der Waals surface area contributed by atoms with Crippen LogP contribution in [0.4, 0.5) is 0 Å². The molecule has 3 aliphatic heterocycles. The molecule has 3 saturated heterocycles. The number of unbranched alkanes of at least 4 members (excludes halogenated alkanes) is 14. The fourth-order valence-corrected chi connectivity index (χ4v) is 8.11. The van der Waals surface area contributed by atoms with Crippen molar-refractivity contribution in [2.45, 2.75) is 221 Å². The zero-order valence-corrected chi connectivity index (χ0v) is 36.1. The van der Waals surface area contributed by atoms with Gasteiger partial charge in [0.25, 0.3) is 11.7 Å². The summed E-state index contributed by atoms with van der Waals surface area (Å²) in [6.07, 6.45) is -8.16. The number of aliphatic hydroxyl groups is 10. The van der Waals surface area contributed by atoms with Crippen LogP contribution in [-0.4, -0.2) is 186 Å².